The first-order valence-corrected chi connectivity index (χ1v) is 10.8. The van der Waals surface area contributed by atoms with E-state index in [0.717, 1.165) is 50.2 Å². The first-order chi connectivity index (χ1) is 15.8. The van der Waals surface area contributed by atoms with Gasteiger partial charge in [0.25, 0.3) is 0 Å². The fraction of sp³-hybridized carbons (Fsp3) is 0.375. The zero-order valence-electron chi connectivity index (χ0n) is 18.2. The van der Waals surface area contributed by atoms with Crippen LogP contribution in [0.5, 0.6) is 5.88 Å². The molecule has 1 aromatic carbocycles. The Labute approximate surface area is 189 Å². The first kappa shape index (κ1) is 23.0. The minimum atomic E-state index is -4.31. The minimum absolute atomic E-state index is 0.0468. The van der Waals surface area contributed by atoms with Crippen LogP contribution in [0.2, 0.25) is 0 Å². The van der Waals surface area contributed by atoms with Gasteiger partial charge in [-0.1, -0.05) is 12.1 Å². The Balaban J connectivity index is 1.29. The van der Waals surface area contributed by atoms with Crippen molar-refractivity contribution < 1.29 is 22.7 Å². The molecule has 1 aliphatic rings. The fourth-order valence-corrected chi connectivity index (χ4v) is 4.02. The molecule has 0 atom stereocenters. The summed E-state index contributed by atoms with van der Waals surface area (Å²) in [4.78, 5) is 23.8. The van der Waals surface area contributed by atoms with Gasteiger partial charge < -0.3 is 15.0 Å². The van der Waals surface area contributed by atoms with E-state index < -0.39 is 11.7 Å². The molecule has 4 rings (SSSR count). The highest BCUT2D eigenvalue weighted by Gasteiger charge is 2.30. The summed E-state index contributed by atoms with van der Waals surface area (Å²) in [5.74, 6) is 0.294. The zero-order chi connectivity index (χ0) is 23.4. The first-order valence-electron chi connectivity index (χ1n) is 10.8. The summed E-state index contributed by atoms with van der Waals surface area (Å²) >= 11 is 0. The number of nitrogens with one attached hydrogen (secondary N) is 1. The molecular formula is C24H25F3N4O2. The molecule has 1 N–H and O–H groups in total. The largest absolute Gasteiger partial charge is 0.481 e. The van der Waals surface area contributed by atoms with Gasteiger partial charge in [0.15, 0.2) is 0 Å². The van der Waals surface area contributed by atoms with Gasteiger partial charge >= 0.3 is 6.18 Å². The molecule has 0 unspecified atom stereocenters. The summed E-state index contributed by atoms with van der Waals surface area (Å²) in [6.07, 6.45) is -0.565. The van der Waals surface area contributed by atoms with E-state index in [4.69, 9.17) is 4.74 Å². The van der Waals surface area contributed by atoms with E-state index in [1.165, 1.54) is 19.2 Å². The van der Waals surface area contributed by atoms with Crippen molar-refractivity contribution in [2.75, 3.05) is 32.1 Å². The van der Waals surface area contributed by atoms with Crippen molar-refractivity contribution in [3.63, 3.8) is 0 Å². The third-order valence-electron chi connectivity index (χ3n) is 5.98. The van der Waals surface area contributed by atoms with Crippen LogP contribution < -0.4 is 10.1 Å². The van der Waals surface area contributed by atoms with E-state index in [1.807, 2.05) is 0 Å². The molecule has 33 heavy (non-hydrogen) atoms. The van der Waals surface area contributed by atoms with Crippen molar-refractivity contribution in [3.05, 3.63) is 59.8 Å². The zero-order valence-corrected chi connectivity index (χ0v) is 18.2. The molecule has 1 fully saturated rings. The molecule has 1 amide bonds. The monoisotopic (exact) mass is 458 g/mol. The smallest absolute Gasteiger partial charge is 0.416 e. The number of halogens is 3. The summed E-state index contributed by atoms with van der Waals surface area (Å²) in [5, 5.41) is 2.99. The lowest BCUT2D eigenvalue weighted by molar-refractivity contribution is -0.137. The predicted molar refractivity (Wildman–Crippen MR) is 119 cm³/mol. The topological polar surface area (TPSA) is 67.3 Å². The van der Waals surface area contributed by atoms with Crippen LogP contribution in [0.15, 0.2) is 48.7 Å². The highest BCUT2D eigenvalue weighted by Crippen LogP contribution is 2.29. The molecule has 6 nitrogen and oxygen atoms in total. The van der Waals surface area contributed by atoms with Gasteiger partial charge in [0.1, 0.15) is 5.52 Å². The van der Waals surface area contributed by atoms with Crippen LogP contribution in [0.1, 0.15) is 24.0 Å². The lowest BCUT2D eigenvalue weighted by Crippen LogP contribution is -2.39. The van der Waals surface area contributed by atoms with Gasteiger partial charge in [0.05, 0.1) is 23.9 Å². The van der Waals surface area contributed by atoms with E-state index >= 15 is 0 Å². The van der Waals surface area contributed by atoms with E-state index in [9.17, 15) is 18.0 Å². The summed E-state index contributed by atoms with van der Waals surface area (Å²) < 4.78 is 43.3. The van der Waals surface area contributed by atoms with E-state index in [1.54, 1.807) is 24.4 Å². The van der Waals surface area contributed by atoms with Crippen LogP contribution in [0.25, 0.3) is 11.0 Å². The number of aromatic nitrogens is 2. The summed E-state index contributed by atoms with van der Waals surface area (Å²) in [5.41, 5.74) is 2.10. The Kier molecular flexibility index (Phi) is 6.78. The number of pyridine rings is 2. The van der Waals surface area contributed by atoms with E-state index in [0.29, 0.717) is 29.0 Å². The standard InChI is InChI=1S/C24H25F3N4O2/c1-33-21-7-6-19-22(30-21)20(8-12-28-19)29-23(32)17-10-14-31(15-11-17)13-9-16-2-4-18(5-3-16)24(25,26)27/h2-8,12,17H,9-11,13-15H2,1H3,(H,28,29,32). The number of amides is 1. The fourth-order valence-electron chi connectivity index (χ4n) is 4.02. The van der Waals surface area contributed by atoms with Gasteiger partial charge in [-0.3, -0.25) is 9.78 Å². The highest BCUT2D eigenvalue weighted by molar-refractivity contribution is 6.00. The molecule has 9 heteroatoms. The second-order valence-electron chi connectivity index (χ2n) is 8.13. The van der Waals surface area contributed by atoms with Gasteiger partial charge in [-0.05, 0) is 62.2 Å². The van der Waals surface area contributed by atoms with Crippen LogP contribution in [0.3, 0.4) is 0 Å². The molecule has 0 bridgehead atoms. The number of nitrogens with zero attached hydrogens (tertiary/aromatic N) is 3. The second-order valence-corrected chi connectivity index (χ2v) is 8.13. The van der Waals surface area contributed by atoms with Crippen molar-refractivity contribution in [1.29, 1.82) is 0 Å². The van der Waals surface area contributed by atoms with Crippen molar-refractivity contribution in [2.24, 2.45) is 5.92 Å². The molecular weight excluding hydrogens is 433 g/mol. The van der Waals surface area contributed by atoms with Crippen LogP contribution >= 0.6 is 0 Å². The molecule has 3 heterocycles. The average molecular weight is 458 g/mol. The van der Waals surface area contributed by atoms with Crippen LogP contribution in [0, 0.1) is 5.92 Å². The molecule has 1 saturated heterocycles. The maximum Gasteiger partial charge on any atom is 0.416 e. The number of rotatable bonds is 6. The number of methoxy groups -OCH3 is 1. The number of piperidine rings is 1. The predicted octanol–water partition coefficient (Wildman–Crippen LogP) is 4.55. The molecule has 1 aliphatic heterocycles. The number of anilines is 1. The Morgan fingerprint density at radius 1 is 1.12 bits per heavy atom. The quantitative estimate of drug-likeness (QED) is 0.587. The molecule has 0 aliphatic carbocycles. The van der Waals surface area contributed by atoms with Crippen molar-refractivity contribution >= 4 is 22.6 Å². The normalized spacial score (nSPS) is 15.5. The number of ether oxygens (including phenoxy) is 1. The van der Waals surface area contributed by atoms with Gasteiger partial charge in [0, 0.05) is 24.7 Å². The maximum atomic E-state index is 12.9. The number of hydrogen-bond donors (Lipinski definition) is 1. The number of hydrogen-bond acceptors (Lipinski definition) is 5. The van der Waals surface area contributed by atoms with Crippen LogP contribution in [0.4, 0.5) is 18.9 Å². The van der Waals surface area contributed by atoms with Crippen molar-refractivity contribution in [3.8, 4) is 5.88 Å². The van der Waals surface area contributed by atoms with Crippen LogP contribution in [-0.2, 0) is 17.4 Å². The van der Waals surface area contributed by atoms with Gasteiger partial charge in [0.2, 0.25) is 11.8 Å². The molecule has 0 radical (unpaired) electrons. The Hall–Kier alpha value is -3.20. The van der Waals surface area contributed by atoms with E-state index in [2.05, 4.69) is 20.2 Å². The number of carbonyl (C=O) groups is 1. The number of likely N-dealkylation sites (tertiary alicyclic amines) is 1. The molecule has 174 valence electrons. The number of carbonyl (C=O) groups excluding carboxylic acids is 1. The molecule has 0 saturated carbocycles. The number of fused-ring (bicyclic) bond motifs is 1. The van der Waals surface area contributed by atoms with E-state index in [-0.39, 0.29) is 11.8 Å². The molecule has 0 spiro atoms. The van der Waals surface area contributed by atoms with Crippen molar-refractivity contribution in [1.82, 2.24) is 14.9 Å². The number of alkyl halides is 3. The molecule has 3 aromatic rings. The lowest BCUT2D eigenvalue weighted by Gasteiger charge is -2.31. The Morgan fingerprint density at radius 3 is 2.52 bits per heavy atom. The third kappa shape index (κ3) is 5.60. The van der Waals surface area contributed by atoms with Gasteiger partial charge in [-0.2, -0.15) is 13.2 Å². The Morgan fingerprint density at radius 2 is 1.85 bits per heavy atom. The molecule has 2 aromatic heterocycles. The lowest BCUT2D eigenvalue weighted by atomic mass is 9.95. The SMILES string of the molecule is COc1ccc2nccc(NC(=O)C3CCN(CCc4ccc(C(F)(F)F)cc4)CC3)c2n1. The Bertz CT molecular complexity index is 1110. The summed E-state index contributed by atoms with van der Waals surface area (Å²) in [6.45, 7) is 2.28. The second kappa shape index (κ2) is 9.74. The minimum Gasteiger partial charge on any atom is -0.481 e. The summed E-state index contributed by atoms with van der Waals surface area (Å²) in [7, 11) is 1.54. The van der Waals surface area contributed by atoms with Crippen LogP contribution in [-0.4, -0.2) is 47.5 Å². The van der Waals surface area contributed by atoms with Crippen molar-refractivity contribution in [2.45, 2.75) is 25.4 Å². The summed E-state index contributed by atoms with van der Waals surface area (Å²) in [6, 6.07) is 10.6. The van der Waals surface area contributed by atoms with Gasteiger partial charge in [-0.25, -0.2) is 4.98 Å². The average Bonchev–Trinajstić information content (AvgIpc) is 2.82. The third-order valence-corrected chi connectivity index (χ3v) is 5.98. The maximum absolute atomic E-state index is 12.9. The highest BCUT2D eigenvalue weighted by atomic mass is 19.4. The van der Waals surface area contributed by atoms with Gasteiger partial charge in [-0.15, -0.1) is 0 Å². The number of benzene rings is 1.